The molecule has 1 aliphatic rings. The number of quaternary nitrogens is 1. The topological polar surface area (TPSA) is 70.9 Å². The average molecular weight is 431 g/mol. The van der Waals surface area contributed by atoms with Crippen molar-refractivity contribution in [3.8, 4) is 0 Å². The molecule has 1 amide bonds. The van der Waals surface area contributed by atoms with E-state index in [9.17, 15) is 13.2 Å². The Labute approximate surface area is 179 Å². The molecular weight excluding hydrogens is 398 g/mol. The number of nitrogens with one attached hydrogen (secondary N) is 2. The molecular formula is C23H32N3O3S+. The van der Waals surface area contributed by atoms with Crippen LogP contribution in [0.5, 0.6) is 0 Å². The Kier molecular flexibility index (Phi) is 7.28. The highest BCUT2D eigenvalue weighted by molar-refractivity contribution is 7.89. The van der Waals surface area contributed by atoms with Gasteiger partial charge in [0, 0.05) is 5.69 Å². The van der Waals surface area contributed by atoms with Crippen molar-refractivity contribution in [1.82, 2.24) is 4.31 Å². The molecule has 2 N–H and O–H groups in total. The molecule has 2 aromatic rings. The lowest BCUT2D eigenvalue weighted by atomic mass is 9.97. The number of amides is 1. The van der Waals surface area contributed by atoms with Gasteiger partial charge in [0.2, 0.25) is 10.0 Å². The van der Waals surface area contributed by atoms with Crippen LogP contribution in [0.4, 0.5) is 5.69 Å². The zero-order valence-corrected chi connectivity index (χ0v) is 18.8. The fraction of sp³-hybridized carbons (Fsp3) is 0.435. The molecule has 30 heavy (non-hydrogen) atoms. The first-order valence-corrected chi connectivity index (χ1v) is 12.1. The maximum Gasteiger partial charge on any atom is 0.282 e. The molecule has 1 saturated heterocycles. The predicted molar refractivity (Wildman–Crippen MR) is 119 cm³/mol. The van der Waals surface area contributed by atoms with Gasteiger partial charge in [-0.05, 0) is 43.0 Å². The zero-order chi connectivity index (χ0) is 21.7. The van der Waals surface area contributed by atoms with Crippen molar-refractivity contribution in [2.45, 2.75) is 44.0 Å². The van der Waals surface area contributed by atoms with Crippen molar-refractivity contribution in [3.63, 3.8) is 0 Å². The van der Waals surface area contributed by atoms with Gasteiger partial charge in [-0.15, -0.1) is 0 Å². The molecule has 1 aliphatic heterocycles. The van der Waals surface area contributed by atoms with Gasteiger partial charge >= 0.3 is 0 Å². The van der Waals surface area contributed by atoms with Crippen LogP contribution >= 0.6 is 0 Å². The number of carbonyl (C=O) groups excluding carboxylic acids is 1. The van der Waals surface area contributed by atoms with Gasteiger partial charge in [0.05, 0.1) is 31.1 Å². The van der Waals surface area contributed by atoms with Gasteiger partial charge < -0.3 is 10.2 Å². The lowest BCUT2D eigenvalue weighted by Crippen LogP contribution is -3.19. The van der Waals surface area contributed by atoms with Gasteiger partial charge in [-0.1, -0.05) is 50.2 Å². The Morgan fingerprint density at radius 1 is 1.03 bits per heavy atom. The Morgan fingerprint density at radius 3 is 2.27 bits per heavy atom. The second-order valence-electron chi connectivity index (χ2n) is 7.98. The van der Waals surface area contributed by atoms with E-state index in [1.165, 1.54) is 4.31 Å². The van der Waals surface area contributed by atoms with E-state index in [0.717, 1.165) is 22.6 Å². The van der Waals surface area contributed by atoms with Crippen molar-refractivity contribution in [2.24, 2.45) is 0 Å². The average Bonchev–Trinajstić information content (AvgIpc) is 2.79. The van der Waals surface area contributed by atoms with Gasteiger partial charge in [0.25, 0.3) is 5.91 Å². The summed E-state index contributed by atoms with van der Waals surface area (Å²) in [5.41, 5.74) is 2.02. The summed E-state index contributed by atoms with van der Waals surface area (Å²) in [4.78, 5) is 14.3. The molecule has 2 atom stereocenters. The van der Waals surface area contributed by atoms with E-state index in [0.29, 0.717) is 37.0 Å². The van der Waals surface area contributed by atoms with Crippen LogP contribution < -0.4 is 10.2 Å². The molecule has 0 radical (unpaired) electrons. The first-order valence-electron chi connectivity index (χ1n) is 10.6. The number of sulfonamides is 1. The molecule has 7 heteroatoms. The molecule has 0 aliphatic carbocycles. The molecule has 0 bridgehead atoms. The van der Waals surface area contributed by atoms with Gasteiger partial charge in [-0.3, -0.25) is 4.79 Å². The Morgan fingerprint density at radius 2 is 1.63 bits per heavy atom. The Balaban J connectivity index is 1.62. The van der Waals surface area contributed by atoms with Gasteiger partial charge in [-0.25, -0.2) is 8.42 Å². The van der Waals surface area contributed by atoms with Crippen LogP contribution in [0.1, 0.15) is 38.7 Å². The minimum absolute atomic E-state index is 0.0277. The Bertz CT molecular complexity index is 955. The molecule has 0 saturated carbocycles. The van der Waals surface area contributed by atoms with Crippen LogP contribution in [0.15, 0.2) is 59.5 Å². The summed E-state index contributed by atoms with van der Waals surface area (Å²) >= 11 is 0. The number of hydrogen-bond donors (Lipinski definition) is 2. The molecule has 1 fully saturated rings. The molecule has 162 valence electrons. The minimum atomic E-state index is -3.48. The molecule has 3 rings (SSSR count). The van der Waals surface area contributed by atoms with E-state index >= 15 is 0 Å². The smallest absolute Gasteiger partial charge is 0.282 e. The van der Waals surface area contributed by atoms with Gasteiger partial charge in [0.1, 0.15) is 0 Å². The maximum absolute atomic E-state index is 12.9. The third-order valence-electron chi connectivity index (χ3n) is 6.11. The molecule has 1 heterocycles. The molecule has 0 spiro atoms. The standard InChI is InChI=1S/C23H31N3O3S/c1-4-18(2)21-12-8-9-13-22(21)24-23(27)19(3)25-14-16-26(17-15-25)30(28,29)20-10-6-5-7-11-20/h5-13,18-19H,4,14-17H2,1-3H3,(H,24,27)/p+1/t18-,19-/m0/s1. The SMILES string of the molecule is CC[C@H](C)c1ccccc1NC(=O)[C@H](C)[NH+]1CCN(S(=O)(=O)c2ccccc2)CC1. The first-order chi connectivity index (χ1) is 14.3. The third kappa shape index (κ3) is 4.91. The molecule has 0 aromatic heterocycles. The van der Waals surface area contributed by atoms with Crippen molar-refractivity contribution in [3.05, 3.63) is 60.2 Å². The van der Waals surface area contributed by atoms with Crippen LogP contribution in [0.3, 0.4) is 0 Å². The second-order valence-corrected chi connectivity index (χ2v) is 9.92. The summed E-state index contributed by atoms with van der Waals surface area (Å²) in [6.45, 7) is 8.24. The summed E-state index contributed by atoms with van der Waals surface area (Å²) in [5, 5.41) is 3.10. The van der Waals surface area contributed by atoms with Crippen LogP contribution in [-0.4, -0.2) is 50.9 Å². The number of carbonyl (C=O) groups is 1. The van der Waals surface area contributed by atoms with E-state index < -0.39 is 10.0 Å². The van der Waals surface area contributed by atoms with Crippen molar-refractivity contribution >= 4 is 21.6 Å². The molecule has 2 aromatic carbocycles. The monoisotopic (exact) mass is 430 g/mol. The minimum Gasteiger partial charge on any atom is -0.323 e. The second kappa shape index (κ2) is 9.73. The Hall–Kier alpha value is -2.22. The lowest BCUT2D eigenvalue weighted by molar-refractivity contribution is -0.917. The lowest BCUT2D eigenvalue weighted by Gasteiger charge is -2.34. The van der Waals surface area contributed by atoms with Crippen molar-refractivity contribution in [2.75, 3.05) is 31.5 Å². The number of anilines is 1. The van der Waals surface area contributed by atoms with Gasteiger partial charge in [-0.2, -0.15) is 4.31 Å². The number of benzene rings is 2. The highest BCUT2D eigenvalue weighted by Crippen LogP contribution is 2.26. The van der Waals surface area contributed by atoms with Crippen molar-refractivity contribution in [1.29, 1.82) is 0 Å². The van der Waals surface area contributed by atoms with Crippen LogP contribution in [0.2, 0.25) is 0 Å². The zero-order valence-electron chi connectivity index (χ0n) is 18.0. The van der Waals surface area contributed by atoms with Crippen LogP contribution in [0.25, 0.3) is 0 Å². The number of nitrogens with zero attached hydrogens (tertiary/aromatic N) is 1. The van der Waals surface area contributed by atoms with Gasteiger partial charge in [0.15, 0.2) is 6.04 Å². The van der Waals surface area contributed by atoms with E-state index in [-0.39, 0.29) is 11.9 Å². The normalized spacial score (nSPS) is 18.0. The third-order valence-corrected chi connectivity index (χ3v) is 8.03. The first kappa shape index (κ1) is 22.5. The van der Waals surface area contributed by atoms with Crippen molar-refractivity contribution < 1.29 is 18.1 Å². The van der Waals surface area contributed by atoms with Crippen LogP contribution in [0, 0.1) is 0 Å². The van der Waals surface area contributed by atoms with E-state index in [2.05, 4.69) is 25.2 Å². The van der Waals surface area contributed by atoms with E-state index in [4.69, 9.17) is 0 Å². The summed E-state index contributed by atoms with van der Waals surface area (Å²) in [7, 11) is -3.48. The van der Waals surface area contributed by atoms with E-state index in [1.807, 2.05) is 25.1 Å². The summed E-state index contributed by atoms with van der Waals surface area (Å²) < 4.78 is 27.1. The van der Waals surface area contributed by atoms with E-state index in [1.54, 1.807) is 30.3 Å². The largest absolute Gasteiger partial charge is 0.323 e. The number of para-hydroxylation sites is 1. The highest BCUT2D eigenvalue weighted by Gasteiger charge is 2.34. The fourth-order valence-corrected chi connectivity index (χ4v) is 5.34. The molecule has 6 nitrogen and oxygen atoms in total. The number of rotatable bonds is 7. The van der Waals surface area contributed by atoms with Crippen LogP contribution in [-0.2, 0) is 14.8 Å². The maximum atomic E-state index is 12.9. The number of hydrogen-bond acceptors (Lipinski definition) is 3. The summed E-state index contributed by atoms with van der Waals surface area (Å²) in [5.74, 6) is 0.344. The number of piperazine rings is 1. The fourth-order valence-electron chi connectivity index (χ4n) is 3.88. The summed E-state index contributed by atoms with van der Waals surface area (Å²) in [6, 6.07) is 16.2. The quantitative estimate of drug-likeness (QED) is 0.707. The summed E-state index contributed by atoms with van der Waals surface area (Å²) in [6.07, 6.45) is 1.01. The highest BCUT2D eigenvalue weighted by atomic mass is 32.2. The molecule has 0 unspecified atom stereocenters. The predicted octanol–water partition coefficient (Wildman–Crippen LogP) is 2.12.